The molecule has 2 heterocycles. The summed E-state index contributed by atoms with van der Waals surface area (Å²) in [6.45, 7) is 0. The third-order valence-corrected chi connectivity index (χ3v) is 17.5. The van der Waals surface area contributed by atoms with Crippen LogP contribution in [0.3, 0.4) is 0 Å². The van der Waals surface area contributed by atoms with Crippen molar-refractivity contribution >= 4 is 23.6 Å². The third kappa shape index (κ3) is 11.9. The Kier molecular flexibility index (Phi) is 17.9. The molecule has 4 N–H and O–H groups in total. The van der Waals surface area contributed by atoms with Crippen molar-refractivity contribution in [2.24, 2.45) is 0 Å². The number of carbonyl (C=O) groups is 4. The van der Waals surface area contributed by atoms with Crippen LogP contribution < -0.4 is 59.2 Å². The molecule has 0 fully saturated rings. The Morgan fingerprint density at radius 2 is 0.409 bits per heavy atom. The summed E-state index contributed by atoms with van der Waals surface area (Å²) in [6, 6.07) is 50.0. The Balaban J connectivity index is 1.29. The van der Waals surface area contributed by atoms with Crippen molar-refractivity contribution in [3.8, 4) is 46.0 Å². The van der Waals surface area contributed by atoms with Crippen molar-refractivity contribution in [2.45, 2.75) is 73.5 Å². The van der Waals surface area contributed by atoms with E-state index in [1.807, 2.05) is 146 Å². The molecule has 0 radical (unpaired) electrons. The smallest absolute Gasteiger partial charge is 0.221 e. The van der Waals surface area contributed by atoms with Gasteiger partial charge in [0.05, 0.1) is 81.0 Å². The van der Waals surface area contributed by atoms with Gasteiger partial charge in [0.15, 0.2) is 0 Å². The minimum absolute atomic E-state index is 0.187. The molecule has 3 aliphatic rings. The fourth-order valence-corrected chi connectivity index (χ4v) is 13.3. The summed E-state index contributed by atoms with van der Waals surface area (Å²) >= 11 is 0. The third-order valence-electron chi connectivity index (χ3n) is 17.5. The Labute approximate surface area is 512 Å². The quantitative estimate of drug-likeness (QED) is 0.0907. The molecule has 2 aliphatic heterocycles. The number of carbonyl (C=O) groups excluding carboxylic acids is 4. The maximum atomic E-state index is 15.7. The maximum Gasteiger partial charge on any atom is 0.221 e. The van der Waals surface area contributed by atoms with Gasteiger partial charge < -0.3 is 59.2 Å². The number of hydrogen-bond acceptors (Lipinski definition) is 12. The Bertz CT molecular complexity index is 3370. The molecule has 0 saturated heterocycles. The minimum Gasteiger partial charge on any atom is -0.496 e. The second-order valence-electron chi connectivity index (χ2n) is 22.2. The number of amides is 4. The summed E-state index contributed by atoms with van der Waals surface area (Å²) in [6.07, 6.45) is -0.749. The molecule has 1 aliphatic carbocycles. The number of hydrogen-bond donors (Lipinski definition) is 4. The van der Waals surface area contributed by atoms with Crippen LogP contribution >= 0.6 is 0 Å². The zero-order chi connectivity index (χ0) is 61.6. The Morgan fingerprint density at radius 3 is 0.557 bits per heavy atom. The monoisotopic (exact) mass is 1180 g/mol. The molecular formula is C72H72N4O12. The van der Waals surface area contributed by atoms with Gasteiger partial charge >= 0.3 is 0 Å². The van der Waals surface area contributed by atoms with Crippen LogP contribution in [0.25, 0.3) is 0 Å². The van der Waals surface area contributed by atoms with Gasteiger partial charge in [0, 0.05) is 118 Å². The van der Waals surface area contributed by atoms with Gasteiger partial charge in [-0.2, -0.15) is 0 Å². The highest BCUT2D eigenvalue weighted by Gasteiger charge is 2.40. The molecule has 88 heavy (non-hydrogen) atoms. The van der Waals surface area contributed by atoms with Crippen LogP contribution in [0.4, 0.5) is 0 Å². The van der Waals surface area contributed by atoms with Crippen molar-refractivity contribution in [3.05, 3.63) is 237 Å². The average molecular weight is 1190 g/mol. The van der Waals surface area contributed by atoms with Gasteiger partial charge in [-0.15, -0.1) is 0 Å². The average Bonchev–Trinajstić information content (AvgIpc) is 1.41. The largest absolute Gasteiger partial charge is 0.496 e. The van der Waals surface area contributed by atoms with E-state index in [2.05, 4.69) is 21.3 Å². The summed E-state index contributed by atoms with van der Waals surface area (Å²) in [5, 5.41) is 13.6. The lowest BCUT2D eigenvalue weighted by Crippen LogP contribution is -2.41. The number of fused-ring (bicyclic) bond motifs is 8. The van der Waals surface area contributed by atoms with Crippen LogP contribution in [0.5, 0.6) is 46.0 Å². The van der Waals surface area contributed by atoms with Crippen molar-refractivity contribution in [3.63, 3.8) is 0 Å². The molecule has 452 valence electrons. The van der Waals surface area contributed by atoms with E-state index in [0.717, 1.165) is 22.3 Å². The predicted octanol–water partition coefficient (Wildman–Crippen LogP) is 11.6. The molecule has 4 amide bonds. The zero-order valence-corrected chi connectivity index (χ0v) is 50.5. The number of ether oxygens (including phenoxy) is 8. The van der Waals surface area contributed by atoms with Gasteiger partial charge in [-0.1, -0.05) is 121 Å². The van der Waals surface area contributed by atoms with E-state index in [1.54, 1.807) is 81.1 Å². The van der Waals surface area contributed by atoms with Crippen molar-refractivity contribution in [1.82, 2.24) is 21.3 Å². The summed E-state index contributed by atoms with van der Waals surface area (Å²) in [5.74, 6) is -2.00. The van der Waals surface area contributed by atoms with Crippen LogP contribution in [0.2, 0.25) is 0 Å². The van der Waals surface area contributed by atoms with Crippen molar-refractivity contribution < 1.29 is 57.1 Å². The number of benzene rings is 8. The van der Waals surface area contributed by atoms with Crippen LogP contribution in [-0.2, 0) is 19.2 Å². The molecule has 0 unspecified atom stereocenters. The van der Waals surface area contributed by atoms with Crippen molar-refractivity contribution in [2.75, 3.05) is 56.9 Å². The molecule has 16 heteroatoms. The van der Waals surface area contributed by atoms with E-state index in [4.69, 9.17) is 37.9 Å². The highest BCUT2D eigenvalue weighted by Crippen LogP contribution is 2.53. The number of rotatable bonds is 12. The molecule has 8 aromatic carbocycles. The maximum absolute atomic E-state index is 15.7. The summed E-state index contributed by atoms with van der Waals surface area (Å²) in [5.41, 5.74) is 7.40. The SMILES string of the molecule is COc1cc(OC)c2cc1C1CC(=O)N[C@@H](c3ccccc3)[C@H](c3ccccc3)NC(=O)CC2c2cc(c(OC)cc2OC)C2CC(=O)N[C@@H](c3ccccc3)[C@H](c3ccccc3)NC(=O)CC(c3cc2c(OC)cc3OC)c2cc1c(OC)cc2OC. The van der Waals surface area contributed by atoms with E-state index >= 15 is 19.2 Å². The van der Waals surface area contributed by atoms with Crippen LogP contribution in [0.1, 0.15) is 140 Å². The van der Waals surface area contributed by atoms with Crippen LogP contribution in [-0.4, -0.2) is 80.5 Å². The first-order valence-electron chi connectivity index (χ1n) is 29.3. The first-order valence-corrected chi connectivity index (χ1v) is 29.3. The number of nitrogens with one attached hydrogen (secondary N) is 4. The van der Waals surface area contributed by atoms with Crippen LogP contribution in [0, 0.1) is 0 Å². The van der Waals surface area contributed by atoms with E-state index in [9.17, 15) is 0 Å². The highest BCUT2D eigenvalue weighted by molar-refractivity contribution is 5.84. The van der Waals surface area contributed by atoms with Gasteiger partial charge in [-0.3, -0.25) is 19.2 Å². The van der Waals surface area contributed by atoms with Crippen LogP contribution in [0.15, 0.2) is 170 Å². The lowest BCUT2D eigenvalue weighted by molar-refractivity contribution is -0.125. The predicted molar refractivity (Wildman–Crippen MR) is 333 cm³/mol. The van der Waals surface area contributed by atoms with Gasteiger partial charge in [-0.25, -0.2) is 0 Å². The first kappa shape index (κ1) is 59.8. The molecule has 12 bridgehead atoms. The van der Waals surface area contributed by atoms with Gasteiger partial charge in [0.2, 0.25) is 23.6 Å². The molecule has 0 aromatic heterocycles. The standard InChI is InChI=1S/C72H72N4O12/c1-81-57-37-58(82-2)50-29-49(57)45-33-65(77)73-69(41-21-13-9-14-22-41)70(42-23-15-10-16-24-42)74-66(78)34-46(50)55-32-56(64(88-8)40-63(55)87-7)48-36-68(80)76-72(44-27-19-12-20-28-44)71(43-25-17-11-18-26-43)75-67(79)35-47(51-30-52(48)60(84-4)38-59(51)83-3)54-31-53(45)61(85-5)39-62(54)86-6/h9-32,37-40,45-48,69-72H,33-36H2,1-8H3,(H,73,77)(H,74,78)(H,75,79)(H,76,80)/t45?,46?,47?,48?,69-,70-,71-,72-/m0/s1. The Morgan fingerprint density at radius 1 is 0.250 bits per heavy atom. The molecule has 0 saturated carbocycles. The molecule has 16 nitrogen and oxygen atoms in total. The van der Waals surface area contributed by atoms with E-state index in [1.165, 1.54) is 0 Å². The molecule has 11 rings (SSSR count). The molecule has 8 aromatic rings. The highest BCUT2D eigenvalue weighted by atomic mass is 16.5. The minimum atomic E-state index is -0.885. The normalized spacial score (nSPS) is 21.0. The van der Waals surface area contributed by atoms with Gasteiger partial charge in [0.25, 0.3) is 0 Å². The lowest BCUT2D eigenvalue weighted by atomic mass is 9.77. The van der Waals surface area contributed by atoms with E-state index in [-0.39, 0.29) is 49.3 Å². The van der Waals surface area contributed by atoms with Crippen molar-refractivity contribution in [1.29, 1.82) is 0 Å². The number of methoxy groups -OCH3 is 8. The summed E-state index contributed by atoms with van der Waals surface area (Å²) in [4.78, 5) is 62.9. The summed E-state index contributed by atoms with van der Waals surface area (Å²) in [7, 11) is 12.5. The fraction of sp³-hybridized carbons (Fsp3) is 0.278. The topological polar surface area (TPSA) is 190 Å². The first-order chi connectivity index (χ1) is 42.9. The lowest BCUT2D eigenvalue weighted by Gasteiger charge is -2.31. The van der Waals surface area contributed by atoms with Gasteiger partial charge in [-0.05, 0) is 46.5 Å². The summed E-state index contributed by atoms with van der Waals surface area (Å²) < 4.78 is 51.0. The van der Waals surface area contributed by atoms with Gasteiger partial charge in [0.1, 0.15) is 46.0 Å². The Hall–Kier alpha value is -9.96. The molecule has 0 spiro atoms. The second kappa shape index (κ2) is 26.3. The fourth-order valence-electron chi connectivity index (χ4n) is 13.3. The second-order valence-corrected chi connectivity index (χ2v) is 22.2. The molecule has 4 atom stereocenters. The van der Waals surface area contributed by atoms with E-state index in [0.29, 0.717) is 90.5 Å². The van der Waals surface area contributed by atoms with E-state index < -0.39 is 47.8 Å². The zero-order valence-electron chi connectivity index (χ0n) is 50.5. The molecular weight excluding hydrogens is 1110 g/mol.